The summed E-state index contributed by atoms with van der Waals surface area (Å²) in [5.41, 5.74) is 3.58. The smallest absolute Gasteiger partial charge is 0.126 e. The first-order chi connectivity index (χ1) is 10.6. The van der Waals surface area contributed by atoms with E-state index in [2.05, 4.69) is 60.7 Å². The number of fused-ring (bicyclic) bond motifs is 1. The Labute approximate surface area is 146 Å². The second-order valence-electron chi connectivity index (χ2n) is 6.19. The van der Waals surface area contributed by atoms with Crippen molar-refractivity contribution in [1.82, 2.24) is 0 Å². The lowest BCUT2D eigenvalue weighted by Gasteiger charge is -2.35. The van der Waals surface area contributed by atoms with E-state index in [1.54, 1.807) is 0 Å². The summed E-state index contributed by atoms with van der Waals surface area (Å²) in [4.78, 5) is 0. The van der Waals surface area contributed by atoms with Crippen LogP contribution >= 0.6 is 22.6 Å². The number of rotatable bonds is 4. The van der Waals surface area contributed by atoms with Crippen LogP contribution in [0.1, 0.15) is 30.0 Å². The monoisotopic (exact) mass is 408 g/mol. The van der Waals surface area contributed by atoms with Gasteiger partial charge in [0.2, 0.25) is 0 Å². The first kappa shape index (κ1) is 15.7. The number of alkyl halides is 1. The van der Waals surface area contributed by atoms with Crippen molar-refractivity contribution in [2.75, 3.05) is 4.43 Å². The van der Waals surface area contributed by atoms with Gasteiger partial charge in [0, 0.05) is 4.43 Å². The van der Waals surface area contributed by atoms with Gasteiger partial charge in [-0.2, -0.15) is 0 Å². The summed E-state index contributed by atoms with van der Waals surface area (Å²) >= 11 is 2.41. The van der Waals surface area contributed by atoms with Crippen LogP contribution in [0.5, 0.6) is 11.5 Å². The molecule has 22 heavy (non-hydrogen) atoms. The highest BCUT2D eigenvalue weighted by Crippen LogP contribution is 2.39. The van der Waals surface area contributed by atoms with Crippen molar-refractivity contribution in [3.63, 3.8) is 0 Å². The fraction of sp³-hybridized carbons (Fsp3) is 0.368. The predicted octanol–water partition coefficient (Wildman–Crippen LogP) is 5.09. The third kappa shape index (κ3) is 3.40. The van der Waals surface area contributed by atoms with Crippen molar-refractivity contribution in [2.45, 2.75) is 38.9 Å². The van der Waals surface area contributed by atoms with E-state index in [0.717, 1.165) is 34.3 Å². The molecule has 0 bridgehead atoms. The van der Waals surface area contributed by atoms with Crippen molar-refractivity contribution < 1.29 is 9.47 Å². The van der Waals surface area contributed by atoms with Crippen molar-refractivity contribution in [1.29, 1.82) is 0 Å². The van der Waals surface area contributed by atoms with Crippen molar-refractivity contribution in [3.8, 4) is 11.5 Å². The SMILES string of the molecule is Cc1cc(OCc2ccccc2)cc2c1O[C@](C)(CI)CC2. The lowest BCUT2D eigenvalue weighted by molar-refractivity contribution is 0.0912. The molecule has 0 radical (unpaired) electrons. The van der Waals surface area contributed by atoms with Crippen LogP contribution in [0.25, 0.3) is 0 Å². The van der Waals surface area contributed by atoms with E-state index in [9.17, 15) is 0 Å². The maximum atomic E-state index is 6.25. The molecule has 0 spiro atoms. The lowest BCUT2D eigenvalue weighted by atomic mass is 9.93. The van der Waals surface area contributed by atoms with E-state index in [4.69, 9.17) is 9.47 Å². The van der Waals surface area contributed by atoms with Gasteiger partial charge in [0.05, 0.1) is 0 Å². The minimum atomic E-state index is -0.0370. The number of benzene rings is 2. The zero-order valence-electron chi connectivity index (χ0n) is 13.1. The Bertz CT molecular complexity index is 654. The number of ether oxygens (including phenoxy) is 2. The zero-order chi connectivity index (χ0) is 15.6. The van der Waals surface area contributed by atoms with Crippen LogP contribution in [0, 0.1) is 6.92 Å². The fourth-order valence-electron chi connectivity index (χ4n) is 2.76. The van der Waals surface area contributed by atoms with Crippen molar-refractivity contribution in [2.24, 2.45) is 0 Å². The molecule has 2 nitrogen and oxygen atoms in total. The average molecular weight is 408 g/mol. The first-order valence-electron chi connectivity index (χ1n) is 7.65. The van der Waals surface area contributed by atoms with Gasteiger partial charge in [-0.05, 0) is 55.5 Å². The molecule has 2 aromatic rings. The van der Waals surface area contributed by atoms with Gasteiger partial charge in [-0.1, -0.05) is 52.9 Å². The molecular formula is C19H21IO2. The highest BCUT2D eigenvalue weighted by molar-refractivity contribution is 14.1. The van der Waals surface area contributed by atoms with Gasteiger partial charge in [0.15, 0.2) is 0 Å². The maximum Gasteiger partial charge on any atom is 0.126 e. The summed E-state index contributed by atoms with van der Waals surface area (Å²) in [5, 5.41) is 0. The second kappa shape index (κ2) is 6.49. The molecule has 1 heterocycles. The summed E-state index contributed by atoms with van der Waals surface area (Å²) in [7, 11) is 0. The minimum Gasteiger partial charge on any atom is -0.489 e. The Morgan fingerprint density at radius 3 is 2.73 bits per heavy atom. The molecule has 116 valence electrons. The van der Waals surface area contributed by atoms with Crippen LogP contribution in [-0.4, -0.2) is 10.0 Å². The Kier molecular flexibility index (Phi) is 4.62. The largest absolute Gasteiger partial charge is 0.489 e. The Morgan fingerprint density at radius 1 is 1.23 bits per heavy atom. The van der Waals surface area contributed by atoms with Gasteiger partial charge < -0.3 is 9.47 Å². The van der Waals surface area contributed by atoms with E-state index in [-0.39, 0.29) is 5.60 Å². The maximum absolute atomic E-state index is 6.25. The van der Waals surface area contributed by atoms with Gasteiger partial charge >= 0.3 is 0 Å². The van der Waals surface area contributed by atoms with Crippen LogP contribution in [-0.2, 0) is 13.0 Å². The number of hydrogen-bond donors (Lipinski definition) is 0. The molecule has 1 aliphatic rings. The molecular weight excluding hydrogens is 387 g/mol. The van der Waals surface area contributed by atoms with E-state index in [0.29, 0.717) is 6.61 Å². The average Bonchev–Trinajstić information content (AvgIpc) is 2.55. The molecule has 0 aliphatic carbocycles. The van der Waals surface area contributed by atoms with Gasteiger partial charge in [0.25, 0.3) is 0 Å². The van der Waals surface area contributed by atoms with Crippen molar-refractivity contribution >= 4 is 22.6 Å². The summed E-state index contributed by atoms with van der Waals surface area (Å²) in [6.45, 7) is 4.90. The van der Waals surface area contributed by atoms with Gasteiger partial charge in [-0.3, -0.25) is 0 Å². The fourth-order valence-corrected chi connectivity index (χ4v) is 3.29. The molecule has 1 atom stereocenters. The number of aryl methyl sites for hydroxylation is 2. The predicted molar refractivity (Wildman–Crippen MR) is 98.2 cm³/mol. The van der Waals surface area contributed by atoms with E-state index in [1.807, 2.05) is 18.2 Å². The topological polar surface area (TPSA) is 18.5 Å². The van der Waals surface area contributed by atoms with Gasteiger partial charge in [-0.25, -0.2) is 0 Å². The lowest BCUT2D eigenvalue weighted by Crippen LogP contribution is -2.38. The van der Waals surface area contributed by atoms with Crippen LogP contribution < -0.4 is 9.47 Å². The molecule has 2 aromatic carbocycles. The molecule has 0 aromatic heterocycles. The van der Waals surface area contributed by atoms with E-state index >= 15 is 0 Å². The van der Waals surface area contributed by atoms with Crippen LogP contribution in [0.2, 0.25) is 0 Å². The summed E-state index contributed by atoms with van der Waals surface area (Å²) < 4.78 is 13.2. The second-order valence-corrected chi connectivity index (χ2v) is 6.95. The van der Waals surface area contributed by atoms with E-state index < -0.39 is 0 Å². The minimum absolute atomic E-state index is 0.0370. The highest BCUT2D eigenvalue weighted by Gasteiger charge is 2.31. The quantitative estimate of drug-likeness (QED) is 0.518. The number of hydrogen-bond acceptors (Lipinski definition) is 2. The number of halogens is 1. The molecule has 0 unspecified atom stereocenters. The zero-order valence-corrected chi connectivity index (χ0v) is 15.2. The normalized spacial score (nSPS) is 20.1. The van der Waals surface area contributed by atoms with Gasteiger partial charge in [-0.15, -0.1) is 0 Å². The summed E-state index contributed by atoms with van der Waals surface area (Å²) in [6.07, 6.45) is 2.11. The van der Waals surface area contributed by atoms with Crippen molar-refractivity contribution in [3.05, 3.63) is 59.2 Å². The van der Waals surface area contributed by atoms with Gasteiger partial charge in [0.1, 0.15) is 23.7 Å². The summed E-state index contributed by atoms with van der Waals surface area (Å²) in [6, 6.07) is 14.5. The third-order valence-corrected chi connectivity index (χ3v) is 5.74. The van der Waals surface area contributed by atoms with Crippen LogP contribution in [0.15, 0.2) is 42.5 Å². The molecule has 0 N–H and O–H groups in total. The molecule has 3 heteroatoms. The first-order valence-corrected chi connectivity index (χ1v) is 9.17. The molecule has 1 aliphatic heterocycles. The molecule has 0 saturated heterocycles. The molecule has 0 saturated carbocycles. The Hall–Kier alpha value is -1.23. The molecule has 3 rings (SSSR count). The Balaban J connectivity index is 1.77. The third-order valence-electron chi connectivity index (χ3n) is 4.13. The summed E-state index contributed by atoms with van der Waals surface area (Å²) in [5.74, 6) is 1.99. The van der Waals surface area contributed by atoms with Crippen LogP contribution in [0.3, 0.4) is 0 Å². The Morgan fingerprint density at radius 2 is 2.00 bits per heavy atom. The molecule has 0 fully saturated rings. The van der Waals surface area contributed by atoms with Crippen LogP contribution in [0.4, 0.5) is 0 Å². The molecule has 0 amide bonds. The van der Waals surface area contributed by atoms with E-state index in [1.165, 1.54) is 11.1 Å². The standard InChI is InChI=1S/C19H21IO2/c1-14-10-17(21-12-15-6-4-3-5-7-15)11-16-8-9-19(2,13-20)22-18(14)16/h3-7,10-11H,8-9,12-13H2,1-2H3/t19-/m0/s1. The highest BCUT2D eigenvalue weighted by atomic mass is 127.